The number of hydrogen-bond acceptors (Lipinski definition) is 5. The minimum absolute atomic E-state index is 0.0823. The van der Waals surface area contributed by atoms with Crippen molar-refractivity contribution in [1.29, 1.82) is 0 Å². The van der Waals surface area contributed by atoms with Crippen molar-refractivity contribution in [3.8, 4) is 0 Å². The third kappa shape index (κ3) is 25.9. The first kappa shape index (κ1) is 32.5. The number of phosphoric ester groups is 1. The van der Waals surface area contributed by atoms with E-state index in [1.54, 1.807) is 0 Å². The standard InChI is InChI=1S/C25H50NO6P/c1-5-6-7-8-9-10-11-12-13-14-15-16-17-18-19-21-30-23-25(27)24-32-33(28,29)31-22-20-26(2,3)4/h8-9,11-12,25,27H,5-7,10,13-24H2,1-4H3/p+1/b9-8-,12-11-. The van der Waals surface area contributed by atoms with Crippen LogP contribution in [0.25, 0.3) is 0 Å². The fourth-order valence-corrected chi connectivity index (χ4v) is 3.66. The van der Waals surface area contributed by atoms with E-state index in [-0.39, 0.29) is 19.8 Å². The maximum Gasteiger partial charge on any atom is 0.472 e. The summed E-state index contributed by atoms with van der Waals surface area (Å²) in [5, 5.41) is 9.84. The molecule has 0 aromatic heterocycles. The number of ether oxygens (including phenoxy) is 1. The predicted molar refractivity (Wildman–Crippen MR) is 136 cm³/mol. The van der Waals surface area contributed by atoms with Crippen molar-refractivity contribution in [3.63, 3.8) is 0 Å². The molecule has 0 saturated heterocycles. The molecule has 2 N–H and O–H groups in total. The highest BCUT2D eigenvalue weighted by Crippen LogP contribution is 2.43. The number of unbranched alkanes of at least 4 members (excludes halogenated alkanes) is 8. The van der Waals surface area contributed by atoms with Crippen molar-refractivity contribution in [3.05, 3.63) is 24.3 Å². The van der Waals surface area contributed by atoms with E-state index in [9.17, 15) is 14.6 Å². The molecule has 0 spiro atoms. The Labute approximate surface area is 203 Å². The van der Waals surface area contributed by atoms with Crippen molar-refractivity contribution in [2.75, 3.05) is 54.1 Å². The SMILES string of the molecule is CCCC/C=C\C/C=C\CCCCCCCCOCC(O)COP(=O)(O)OCC[N+](C)(C)C. The summed E-state index contributed by atoms with van der Waals surface area (Å²) in [6.07, 6.45) is 21.1. The van der Waals surface area contributed by atoms with E-state index in [1.807, 2.05) is 21.1 Å². The van der Waals surface area contributed by atoms with Crippen molar-refractivity contribution >= 4 is 7.82 Å². The van der Waals surface area contributed by atoms with Crippen molar-refractivity contribution in [2.45, 2.75) is 83.7 Å². The monoisotopic (exact) mass is 492 g/mol. The van der Waals surface area contributed by atoms with E-state index in [2.05, 4.69) is 31.2 Å². The molecule has 0 aliphatic heterocycles. The first-order chi connectivity index (χ1) is 15.7. The lowest BCUT2D eigenvalue weighted by atomic mass is 10.1. The second-order valence-corrected chi connectivity index (χ2v) is 11.0. The number of phosphoric acid groups is 1. The molecule has 8 heteroatoms. The van der Waals surface area contributed by atoms with Crippen LogP contribution in [-0.4, -0.2) is 74.7 Å². The van der Waals surface area contributed by atoms with Gasteiger partial charge >= 0.3 is 7.82 Å². The summed E-state index contributed by atoms with van der Waals surface area (Å²) >= 11 is 0. The van der Waals surface area contributed by atoms with Gasteiger partial charge in [0.25, 0.3) is 0 Å². The van der Waals surface area contributed by atoms with Gasteiger partial charge in [-0.1, -0.05) is 69.8 Å². The zero-order valence-corrected chi connectivity index (χ0v) is 22.5. The lowest BCUT2D eigenvalue weighted by Gasteiger charge is -2.24. The van der Waals surface area contributed by atoms with E-state index >= 15 is 0 Å². The Morgan fingerprint density at radius 2 is 1.42 bits per heavy atom. The van der Waals surface area contributed by atoms with Gasteiger partial charge in [-0.25, -0.2) is 4.57 Å². The largest absolute Gasteiger partial charge is 0.472 e. The number of aliphatic hydroxyl groups is 1. The van der Waals surface area contributed by atoms with Crippen LogP contribution in [-0.2, 0) is 18.3 Å². The number of allylic oxidation sites excluding steroid dienone is 4. The van der Waals surface area contributed by atoms with Crippen LogP contribution in [0.15, 0.2) is 24.3 Å². The van der Waals surface area contributed by atoms with Gasteiger partial charge in [0.2, 0.25) is 0 Å². The normalized spacial score (nSPS) is 15.5. The summed E-state index contributed by atoms with van der Waals surface area (Å²) in [5.41, 5.74) is 0. The topological polar surface area (TPSA) is 85.2 Å². The number of likely N-dealkylation sites (N-methyl/N-ethyl adjacent to an activating group) is 1. The van der Waals surface area contributed by atoms with Gasteiger partial charge < -0.3 is 19.2 Å². The average Bonchev–Trinajstić information content (AvgIpc) is 2.73. The van der Waals surface area contributed by atoms with Crippen molar-refractivity contribution in [1.82, 2.24) is 0 Å². The molecule has 0 radical (unpaired) electrons. The Balaban J connectivity index is 3.48. The number of quaternary nitrogens is 1. The molecule has 0 fully saturated rings. The molecule has 0 aromatic rings. The summed E-state index contributed by atoms with van der Waals surface area (Å²) in [7, 11) is 1.74. The molecule has 196 valence electrons. The lowest BCUT2D eigenvalue weighted by molar-refractivity contribution is -0.870. The van der Waals surface area contributed by atoms with E-state index in [0.717, 1.165) is 25.7 Å². The van der Waals surface area contributed by atoms with Gasteiger partial charge in [0.1, 0.15) is 19.3 Å². The van der Waals surface area contributed by atoms with Crippen LogP contribution in [0.3, 0.4) is 0 Å². The third-order valence-corrected chi connectivity index (χ3v) is 5.98. The maximum absolute atomic E-state index is 11.8. The van der Waals surface area contributed by atoms with Crippen molar-refractivity contribution < 1.29 is 32.8 Å². The Morgan fingerprint density at radius 3 is 2.06 bits per heavy atom. The van der Waals surface area contributed by atoms with Crippen LogP contribution in [0, 0.1) is 0 Å². The molecule has 0 aliphatic carbocycles. The maximum atomic E-state index is 11.8. The van der Waals surface area contributed by atoms with E-state index < -0.39 is 13.9 Å². The minimum atomic E-state index is -4.14. The Morgan fingerprint density at radius 1 is 0.818 bits per heavy atom. The number of hydrogen-bond donors (Lipinski definition) is 2. The van der Waals surface area contributed by atoms with Gasteiger partial charge in [0, 0.05) is 6.61 Å². The molecule has 2 atom stereocenters. The zero-order chi connectivity index (χ0) is 24.8. The minimum Gasteiger partial charge on any atom is -0.388 e. The Bertz CT molecular complexity index is 548. The molecule has 0 rings (SSSR count). The molecule has 2 unspecified atom stereocenters. The highest BCUT2D eigenvalue weighted by atomic mass is 31.2. The van der Waals surface area contributed by atoms with E-state index in [4.69, 9.17) is 13.8 Å². The lowest BCUT2D eigenvalue weighted by Crippen LogP contribution is -2.37. The van der Waals surface area contributed by atoms with Crippen LogP contribution in [0.5, 0.6) is 0 Å². The molecule has 0 heterocycles. The predicted octanol–water partition coefficient (Wildman–Crippen LogP) is 5.63. The molecule has 33 heavy (non-hydrogen) atoms. The van der Waals surface area contributed by atoms with Crippen LogP contribution in [0.1, 0.15) is 77.6 Å². The van der Waals surface area contributed by atoms with Gasteiger partial charge in [0.15, 0.2) is 0 Å². The Kier molecular flexibility index (Phi) is 20.5. The molecular weight excluding hydrogens is 441 g/mol. The van der Waals surface area contributed by atoms with Crippen LogP contribution >= 0.6 is 7.82 Å². The third-order valence-electron chi connectivity index (χ3n) is 5.00. The molecule has 0 saturated carbocycles. The summed E-state index contributed by atoms with van der Waals surface area (Å²) in [5.74, 6) is 0. The fraction of sp³-hybridized carbons (Fsp3) is 0.840. The Hall–Kier alpha value is -0.530. The second-order valence-electron chi connectivity index (χ2n) is 9.57. The zero-order valence-electron chi connectivity index (χ0n) is 21.6. The van der Waals surface area contributed by atoms with Crippen LogP contribution in [0.4, 0.5) is 0 Å². The van der Waals surface area contributed by atoms with Gasteiger partial charge in [-0.3, -0.25) is 9.05 Å². The summed E-state index contributed by atoms with van der Waals surface area (Å²) in [6, 6.07) is 0. The average molecular weight is 493 g/mol. The van der Waals surface area contributed by atoms with Crippen LogP contribution < -0.4 is 0 Å². The molecule has 0 amide bonds. The van der Waals surface area contributed by atoms with E-state index in [1.165, 1.54) is 44.9 Å². The molecule has 0 bridgehead atoms. The number of aliphatic hydroxyl groups excluding tert-OH is 1. The second kappa shape index (κ2) is 20.8. The smallest absolute Gasteiger partial charge is 0.388 e. The van der Waals surface area contributed by atoms with Crippen LogP contribution in [0.2, 0.25) is 0 Å². The quantitative estimate of drug-likeness (QED) is 0.0833. The summed E-state index contributed by atoms with van der Waals surface area (Å²) in [4.78, 5) is 9.63. The van der Waals surface area contributed by atoms with Gasteiger partial charge in [-0.15, -0.1) is 0 Å². The van der Waals surface area contributed by atoms with Gasteiger partial charge in [-0.2, -0.15) is 0 Å². The van der Waals surface area contributed by atoms with E-state index in [0.29, 0.717) is 17.6 Å². The first-order valence-electron chi connectivity index (χ1n) is 12.6. The molecule has 7 nitrogen and oxygen atoms in total. The molecular formula is C25H51NO6P+. The number of rotatable bonds is 23. The highest BCUT2D eigenvalue weighted by Gasteiger charge is 2.24. The number of nitrogens with zero attached hydrogens (tertiary/aromatic N) is 1. The van der Waals surface area contributed by atoms with Gasteiger partial charge in [-0.05, 0) is 32.1 Å². The summed E-state index contributed by atoms with van der Waals surface area (Å²) < 4.78 is 27.6. The summed E-state index contributed by atoms with van der Waals surface area (Å²) in [6.45, 7) is 3.27. The van der Waals surface area contributed by atoms with Crippen molar-refractivity contribution in [2.24, 2.45) is 0 Å². The first-order valence-corrected chi connectivity index (χ1v) is 14.1. The van der Waals surface area contributed by atoms with Gasteiger partial charge in [0.05, 0.1) is 34.4 Å². The molecule has 0 aromatic carbocycles. The highest BCUT2D eigenvalue weighted by molar-refractivity contribution is 7.47. The fourth-order valence-electron chi connectivity index (χ4n) is 2.92. The molecule has 0 aliphatic rings.